The normalized spacial score (nSPS) is 10.8. The van der Waals surface area contributed by atoms with Crippen molar-refractivity contribution >= 4 is 16.9 Å². The second kappa shape index (κ2) is 9.34. The number of methoxy groups -OCH3 is 1. The molecule has 0 radical (unpaired) electrons. The highest BCUT2D eigenvalue weighted by atomic mass is 16.5. The number of amides is 1. The number of rotatable bonds is 8. The molecule has 0 atom stereocenters. The molecular formula is C25H25N3O3. The summed E-state index contributed by atoms with van der Waals surface area (Å²) in [6.07, 6.45) is 0. The second-order valence-corrected chi connectivity index (χ2v) is 7.21. The van der Waals surface area contributed by atoms with Gasteiger partial charge in [-0.15, -0.1) is 0 Å². The molecule has 0 bridgehead atoms. The van der Waals surface area contributed by atoms with Crippen LogP contribution in [0.5, 0.6) is 11.5 Å². The van der Waals surface area contributed by atoms with E-state index in [1.54, 1.807) is 19.2 Å². The molecule has 0 aliphatic heterocycles. The lowest BCUT2D eigenvalue weighted by Crippen LogP contribution is -2.25. The fraction of sp³-hybridized carbons (Fsp3) is 0.200. The molecule has 4 aromatic rings. The third-order valence-corrected chi connectivity index (χ3v) is 5.10. The number of nitrogens with zero attached hydrogens (tertiary/aromatic N) is 2. The number of carbonyl (C=O) groups is 1. The van der Waals surface area contributed by atoms with E-state index in [1.807, 2.05) is 67.6 Å². The topological polar surface area (TPSA) is 65.4 Å². The quantitative estimate of drug-likeness (QED) is 0.464. The highest BCUT2D eigenvalue weighted by molar-refractivity contribution is 5.96. The van der Waals surface area contributed by atoms with Crippen LogP contribution < -0.4 is 14.8 Å². The van der Waals surface area contributed by atoms with Gasteiger partial charge in [0.15, 0.2) is 0 Å². The summed E-state index contributed by atoms with van der Waals surface area (Å²) in [7, 11) is 1.56. The van der Waals surface area contributed by atoms with Crippen LogP contribution in [0.4, 0.5) is 0 Å². The molecule has 0 spiro atoms. The van der Waals surface area contributed by atoms with Crippen molar-refractivity contribution in [3.05, 3.63) is 89.7 Å². The minimum Gasteiger partial charge on any atom is -0.496 e. The minimum atomic E-state index is -0.202. The lowest BCUT2D eigenvalue weighted by molar-refractivity contribution is 0.0946. The molecule has 0 unspecified atom stereocenters. The number of para-hydroxylation sites is 3. The number of carbonyl (C=O) groups excluding carboxylic acids is 1. The smallest absolute Gasteiger partial charge is 0.255 e. The van der Waals surface area contributed by atoms with Gasteiger partial charge < -0.3 is 19.4 Å². The summed E-state index contributed by atoms with van der Waals surface area (Å²) in [6.45, 7) is 3.47. The predicted octanol–water partition coefficient (Wildman–Crippen LogP) is 4.36. The van der Waals surface area contributed by atoms with E-state index >= 15 is 0 Å². The van der Waals surface area contributed by atoms with E-state index in [4.69, 9.17) is 14.5 Å². The van der Waals surface area contributed by atoms with Crippen LogP contribution in [0.15, 0.2) is 72.8 Å². The van der Waals surface area contributed by atoms with E-state index in [1.165, 1.54) is 5.56 Å². The molecule has 1 amide bonds. The van der Waals surface area contributed by atoms with E-state index in [9.17, 15) is 4.79 Å². The molecule has 1 aromatic heterocycles. The largest absolute Gasteiger partial charge is 0.496 e. The Morgan fingerprint density at radius 1 is 1.00 bits per heavy atom. The molecule has 0 fully saturated rings. The van der Waals surface area contributed by atoms with Crippen molar-refractivity contribution in [2.45, 2.75) is 20.0 Å². The molecule has 158 valence electrons. The van der Waals surface area contributed by atoms with Gasteiger partial charge in [-0.25, -0.2) is 4.98 Å². The first-order chi connectivity index (χ1) is 15.2. The number of hydrogen-bond acceptors (Lipinski definition) is 4. The lowest BCUT2D eigenvalue weighted by Gasteiger charge is -2.12. The van der Waals surface area contributed by atoms with Crippen molar-refractivity contribution in [1.29, 1.82) is 0 Å². The highest BCUT2D eigenvalue weighted by Crippen LogP contribution is 2.19. The Hall–Kier alpha value is -3.80. The van der Waals surface area contributed by atoms with Crippen LogP contribution in [-0.4, -0.2) is 29.2 Å². The third kappa shape index (κ3) is 4.69. The SMILES string of the molecule is COc1ccccc1C(=O)NCc1nc2ccccc2n1CCOc1ccc(C)cc1. The summed E-state index contributed by atoms with van der Waals surface area (Å²) in [6, 6.07) is 23.1. The fourth-order valence-electron chi connectivity index (χ4n) is 3.49. The van der Waals surface area contributed by atoms with Gasteiger partial charge in [-0.3, -0.25) is 4.79 Å². The minimum absolute atomic E-state index is 0.202. The van der Waals surface area contributed by atoms with Gasteiger partial charge >= 0.3 is 0 Å². The number of hydrogen-bond donors (Lipinski definition) is 1. The number of imidazole rings is 1. The van der Waals surface area contributed by atoms with E-state index in [-0.39, 0.29) is 5.91 Å². The summed E-state index contributed by atoms with van der Waals surface area (Å²) < 4.78 is 13.3. The van der Waals surface area contributed by atoms with Crippen LogP contribution in [0.3, 0.4) is 0 Å². The first kappa shape index (κ1) is 20.5. The van der Waals surface area contributed by atoms with Crippen molar-refractivity contribution < 1.29 is 14.3 Å². The van der Waals surface area contributed by atoms with Gasteiger partial charge in [-0.2, -0.15) is 0 Å². The Kier molecular flexibility index (Phi) is 6.17. The summed E-state index contributed by atoms with van der Waals surface area (Å²) in [5.74, 6) is 1.95. The maximum absolute atomic E-state index is 12.7. The monoisotopic (exact) mass is 415 g/mol. The van der Waals surface area contributed by atoms with E-state index in [2.05, 4.69) is 9.88 Å². The number of aromatic nitrogens is 2. The van der Waals surface area contributed by atoms with Crippen molar-refractivity contribution in [1.82, 2.24) is 14.9 Å². The van der Waals surface area contributed by atoms with Gasteiger partial charge in [0.1, 0.15) is 23.9 Å². The first-order valence-electron chi connectivity index (χ1n) is 10.2. The lowest BCUT2D eigenvalue weighted by atomic mass is 10.2. The summed E-state index contributed by atoms with van der Waals surface area (Å²) in [5, 5.41) is 2.96. The third-order valence-electron chi connectivity index (χ3n) is 5.10. The van der Waals surface area contributed by atoms with Crippen molar-refractivity contribution in [2.75, 3.05) is 13.7 Å². The van der Waals surface area contributed by atoms with Gasteiger partial charge in [-0.05, 0) is 43.3 Å². The molecule has 0 saturated carbocycles. The molecule has 0 aliphatic carbocycles. The van der Waals surface area contributed by atoms with Gasteiger partial charge in [0.2, 0.25) is 0 Å². The average Bonchev–Trinajstić information content (AvgIpc) is 3.16. The van der Waals surface area contributed by atoms with E-state index in [0.29, 0.717) is 31.0 Å². The van der Waals surface area contributed by atoms with E-state index < -0.39 is 0 Å². The van der Waals surface area contributed by atoms with Crippen LogP contribution in [0.25, 0.3) is 11.0 Å². The first-order valence-corrected chi connectivity index (χ1v) is 10.2. The Balaban J connectivity index is 1.49. The Bertz CT molecular complexity index is 1180. The maximum Gasteiger partial charge on any atom is 0.255 e. The van der Waals surface area contributed by atoms with Crippen LogP contribution >= 0.6 is 0 Å². The summed E-state index contributed by atoms with van der Waals surface area (Å²) >= 11 is 0. The summed E-state index contributed by atoms with van der Waals surface area (Å²) in [4.78, 5) is 17.4. The van der Waals surface area contributed by atoms with Gasteiger partial charge in [0.05, 0.1) is 36.8 Å². The molecule has 4 rings (SSSR count). The van der Waals surface area contributed by atoms with Crippen molar-refractivity contribution in [3.63, 3.8) is 0 Å². The fourth-order valence-corrected chi connectivity index (χ4v) is 3.49. The standard InChI is InChI=1S/C25H25N3O3/c1-18-11-13-19(14-12-18)31-16-15-28-22-9-5-4-8-21(22)27-24(28)17-26-25(29)20-7-3-6-10-23(20)30-2/h3-14H,15-17H2,1-2H3,(H,26,29). The number of aryl methyl sites for hydroxylation is 1. The molecule has 0 aliphatic rings. The predicted molar refractivity (Wildman–Crippen MR) is 121 cm³/mol. The molecule has 1 heterocycles. The number of ether oxygens (including phenoxy) is 2. The van der Waals surface area contributed by atoms with E-state index in [0.717, 1.165) is 22.6 Å². The van der Waals surface area contributed by atoms with Gasteiger partial charge in [-0.1, -0.05) is 42.0 Å². The Morgan fingerprint density at radius 2 is 1.74 bits per heavy atom. The van der Waals surface area contributed by atoms with Crippen LogP contribution in [0.1, 0.15) is 21.7 Å². The zero-order valence-electron chi connectivity index (χ0n) is 17.7. The average molecular weight is 415 g/mol. The maximum atomic E-state index is 12.7. The van der Waals surface area contributed by atoms with Crippen molar-refractivity contribution in [2.24, 2.45) is 0 Å². The number of fused-ring (bicyclic) bond motifs is 1. The number of benzene rings is 3. The second-order valence-electron chi connectivity index (χ2n) is 7.21. The van der Waals surface area contributed by atoms with Crippen LogP contribution in [0, 0.1) is 6.92 Å². The zero-order valence-corrected chi connectivity index (χ0v) is 17.7. The van der Waals surface area contributed by atoms with Gasteiger partial charge in [0.25, 0.3) is 5.91 Å². The Labute approximate surface area is 181 Å². The molecular weight excluding hydrogens is 390 g/mol. The molecule has 6 heteroatoms. The molecule has 3 aromatic carbocycles. The highest BCUT2D eigenvalue weighted by Gasteiger charge is 2.15. The van der Waals surface area contributed by atoms with Crippen LogP contribution in [0.2, 0.25) is 0 Å². The van der Waals surface area contributed by atoms with Gasteiger partial charge in [0, 0.05) is 0 Å². The molecule has 6 nitrogen and oxygen atoms in total. The molecule has 0 saturated heterocycles. The van der Waals surface area contributed by atoms with Crippen molar-refractivity contribution in [3.8, 4) is 11.5 Å². The number of nitrogens with one attached hydrogen (secondary N) is 1. The molecule has 1 N–H and O–H groups in total. The summed E-state index contributed by atoms with van der Waals surface area (Å²) in [5.41, 5.74) is 3.59. The Morgan fingerprint density at radius 3 is 2.55 bits per heavy atom. The molecule has 31 heavy (non-hydrogen) atoms. The van der Waals surface area contributed by atoms with Crippen LogP contribution in [-0.2, 0) is 13.1 Å². The zero-order chi connectivity index (χ0) is 21.6.